The maximum Gasteiger partial charge on any atom is 0.171 e. The number of imidazole rings is 1. The third kappa shape index (κ3) is 2.32. The predicted molar refractivity (Wildman–Crippen MR) is 77.0 cm³/mol. The number of hydrogen-bond acceptors (Lipinski definition) is 3. The van der Waals surface area contributed by atoms with Crippen molar-refractivity contribution < 1.29 is 0 Å². The molecule has 0 radical (unpaired) electrons. The van der Waals surface area contributed by atoms with Crippen LogP contribution < -0.4 is 0 Å². The molecule has 0 aliphatic rings. The van der Waals surface area contributed by atoms with E-state index in [1.54, 1.807) is 6.20 Å². The van der Waals surface area contributed by atoms with Gasteiger partial charge in [0.25, 0.3) is 0 Å². The Bertz CT molecular complexity index is 659. The molecule has 2 heterocycles. The highest BCUT2D eigenvalue weighted by Crippen LogP contribution is 2.14. The zero-order chi connectivity index (χ0) is 12.4. The third-order valence-corrected chi connectivity index (χ3v) is 4.60. The van der Waals surface area contributed by atoms with Crippen LogP contribution in [-0.4, -0.2) is 15.0 Å². The number of rotatable bonds is 3. The summed E-state index contributed by atoms with van der Waals surface area (Å²) >= 11 is 5.52. The number of fused-ring (bicyclic) bond motifs is 1. The molecule has 0 aliphatic heterocycles. The van der Waals surface area contributed by atoms with E-state index in [0.29, 0.717) is 0 Å². The molecule has 1 atom stereocenters. The normalized spacial score (nSPS) is 12.7. The Labute approximate surface area is 112 Å². The van der Waals surface area contributed by atoms with Crippen LogP contribution in [0.4, 0.5) is 0 Å². The maximum atomic E-state index is 5.52. The van der Waals surface area contributed by atoms with E-state index >= 15 is 0 Å². The molecule has 0 amide bonds. The summed E-state index contributed by atoms with van der Waals surface area (Å²) in [4.78, 5) is 12.1. The number of benzene rings is 1. The Balaban J connectivity index is 1.88. The van der Waals surface area contributed by atoms with E-state index in [9.17, 15) is 0 Å². The quantitative estimate of drug-likeness (QED) is 0.797. The number of aromatic nitrogens is 3. The summed E-state index contributed by atoms with van der Waals surface area (Å²) in [5.74, 6) is 0.746. The molecule has 90 valence electrons. The summed E-state index contributed by atoms with van der Waals surface area (Å²) < 4.78 is 0. The van der Waals surface area contributed by atoms with Gasteiger partial charge in [-0.25, -0.2) is 4.98 Å². The first-order chi connectivity index (χ1) is 8.83. The average molecular weight is 273 g/mol. The molecule has 0 saturated carbocycles. The number of aromatic amines is 1. The van der Waals surface area contributed by atoms with Crippen molar-refractivity contribution in [2.75, 3.05) is 0 Å². The Morgan fingerprint density at radius 2 is 1.94 bits per heavy atom. The van der Waals surface area contributed by atoms with Crippen molar-refractivity contribution >= 4 is 31.7 Å². The fourth-order valence-electron chi connectivity index (χ4n) is 1.72. The Morgan fingerprint density at radius 3 is 2.72 bits per heavy atom. The molecule has 1 unspecified atom stereocenters. The number of nitrogens with zero attached hydrogens (tertiary/aromatic N) is 2. The molecule has 5 heteroatoms. The molecule has 1 N–H and O–H groups in total. The van der Waals surface area contributed by atoms with Gasteiger partial charge >= 0.3 is 0 Å². The van der Waals surface area contributed by atoms with Crippen LogP contribution >= 0.6 is 0 Å². The van der Waals surface area contributed by atoms with Gasteiger partial charge in [0.1, 0.15) is 0 Å². The van der Waals surface area contributed by atoms with Crippen LogP contribution in [0, 0.1) is 0 Å². The lowest BCUT2D eigenvalue weighted by Gasteiger charge is -2.00. The van der Waals surface area contributed by atoms with Crippen molar-refractivity contribution in [1.29, 1.82) is 0 Å². The Morgan fingerprint density at radius 1 is 1.11 bits per heavy atom. The van der Waals surface area contributed by atoms with Crippen LogP contribution in [-0.2, 0) is 26.4 Å². The standard InChI is InChI=1S/C13H11N3S2/c17-18(9-10-5-3-4-8-14-10)13-15-11-6-1-2-7-12(11)16-13/h1-8H,9H2,(H,15,16). The fraction of sp³-hybridized carbons (Fsp3) is 0.0769. The van der Waals surface area contributed by atoms with Crippen LogP contribution in [0.3, 0.4) is 0 Å². The SMILES string of the molecule is S=S(Cc1ccccn1)c1nc2ccccc2[nH]1. The van der Waals surface area contributed by atoms with E-state index in [1.807, 2.05) is 42.5 Å². The lowest BCUT2D eigenvalue weighted by atomic mass is 10.3. The van der Waals surface area contributed by atoms with Crippen molar-refractivity contribution in [1.82, 2.24) is 15.0 Å². The van der Waals surface area contributed by atoms with Gasteiger partial charge in [0.15, 0.2) is 5.16 Å². The topological polar surface area (TPSA) is 41.6 Å². The van der Waals surface area contributed by atoms with Crippen LogP contribution in [0.15, 0.2) is 53.8 Å². The molecule has 18 heavy (non-hydrogen) atoms. The number of para-hydroxylation sites is 2. The van der Waals surface area contributed by atoms with Gasteiger partial charge in [0, 0.05) is 11.9 Å². The van der Waals surface area contributed by atoms with Crippen molar-refractivity contribution in [3.8, 4) is 0 Å². The molecule has 0 saturated heterocycles. The molecule has 3 nitrogen and oxygen atoms in total. The maximum absolute atomic E-state index is 5.52. The zero-order valence-electron chi connectivity index (χ0n) is 9.54. The lowest BCUT2D eigenvalue weighted by Crippen LogP contribution is -1.98. The second-order valence-corrected chi connectivity index (χ2v) is 6.44. The van der Waals surface area contributed by atoms with Crippen molar-refractivity contribution in [3.05, 3.63) is 54.4 Å². The van der Waals surface area contributed by atoms with Gasteiger partial charge in [-0.15, -0.1) is 0 Å². The lowest BCUT2D eigenvalue weighted by molar-refractivity contribution is 1.07. The molecule has 0 aliphatic carbocycles. The van der Waals surface area contributed by atoms with Gasteiger partial charge in [0.05, 0.1) is 16.7 Å². The monoisotopic (exact) mass is 273 g/mol. The third-order valence-electron chi connectivity index (χ3n) is 2.59. The van der Waals surface area contributed by atoms with Gasteiger partial charge in [-0.2, -0.15) is 0 Å². The summed E-state index contributed by atoms with van der Waals surface area (Å²) in [5.41, 5.74) is 3.02. The number of pyridine rings is 1. The first-order valence-electron chi connectivity index (χ1n) is 5.56. The second kappa shape index (κ2) is 4.96. The van der Waals surface area contributed by atoms with E-state index in [4.69, 9.17) is 11.2 Å². The number of hydrogen-bond donors (Lipinski definition) is 1. The average Bonchev–Trinajstić information content (AvgIpc) is 2.84. The van der Waals surface area contributed by atoms with Crippen LogP contribution in [0.1, 0.15) is 5.69 Å². The molecule has 1 aromatic carbocycles. The number of nitrogens with one attached hydrogen (secondary N) is 1. The predicted octanol–water partition coefficient (Wildman–Crippen LogP) is 2.60. The van der Waals surface area contributed by atoms with Crippen molar-refractivity contribution in [2.24, 2.45) is 0 Å². The Hall–Kier alpha value is -1.59. The van der Waals surface area contributed by atoms with Gasteiger partial charge in [0.2, 0.25) is 0 Å². The molecule has 2 aromatic heterocycles. The van der Waals surface area contributed by atoms with E-state index in [1.165, 1.54) is 0 Å². The minimum Gasteiger partial charge on any atom is -0.333 e. The van der Waals surface area contributed by atoms with Crippen LogP contribution in [0.5, 0.6) is 0 Å². The zero-order valence-corrected chi connectivity index (χ0v) is 11.2. The minimum atomic E-state index is -0.363. The van der Waals surface area contributed by atoms with E-state index in [2.05, 4.69) is 15.0 Å². The molecular weight excluding hydrogens is 262 g/mol. The molecule has 0 fully saturated rings. The highest BCUT2D eigenvalue weighted by Gasteiger charge is 2.07. The smallest absolute Gasteiger partial charge is 0.171 e. The fourth-order valence-corrected chi connectivity index (χ4v) is 3.32. The second-order valence-electron chi connectivity index (χ2n) is 3.87. The summed E-state index contributed by atoms with van der Waals surface area (Å²) in [7, 11) is -0.363. The summed E-state index contributed by atoms with van der Waals surface area (Å²) in [6.07, 6.45) is 1.79. The molecule has 0 bridgehead atoms. The summed E-state index contributed by atoms with van der Waals surface area (Å²) in [6.45, 7) is 0. The highest BCUT2D eigenvalue weighted by atomic mass is 32.8. The first-order valence-corrected chi connectivity index (χ1v) is 7.88. The van der Waals surface area contributed by atoms with Crippen LogP contribution in [0.25, 0.3) is 11.0 Å². The molecule has 3 aromatic rings. The van der Waals surface area contributed by atoms with E-state index in [0.717, 1.165) is 27.6 Å². The van der Waals surface area contributed by atoms with Gasteiger partial charge in [-0.3, -0.25) is 4.98 Å². The largest absolute Gasteiger partial charge is 0.333 e. The van der Waals surface area contributed by atoms with Gasteiger partial charge in [-0.1, -0.05) is 18.2 Å². The van der Waals surface area contributed by atoms with Crippen molar-refractivity contribution in [3.63, 3.8) is 0 Å². The first kappa shape index (κ1) is 11.5. The van der Waals surface area contributed by atoms with Crippen molar-refractivity contribution in [2.45, 2.75) is 10.9 Å². The van der Waals surface area contributed by atoms with E-state index in [-0.39, 0.29) is 9.45 Å². The minimum absolute atomic E-state index is 0.363. The highest BCUT2D eigenvalue weighted by molar-refractivity contribution is 8.28. The number of H-pyrrole nitrogens is 1. The Kier molecular flexibility index (Phi) is 3.17. The summed E-state index contributed by atoms with van der Waals surface area (Å²) in [6, 6.07) is 13.9. The van der Waals surface area contributed by atoms with E-state index < -0.39 is 0 Å². The molecular formula is C13H11N3S2. The summed E-state index contributed by atoms with van der Waals surface area (Å²) in [5, 5.41) is 0.872. The van der Waals surface area contributed by atoms with Gasteiger partial charge in [-0.05, 0) is 44.9 Å². The van der Waals surface area contributed by atoms with Crippen LogP contribution in [0.2, 0.25) is 0 Å². The molecule has 3 rings (SSSR count). The van der Waals surface area contributed by atoms with Gasteiger partial charge < -0.3 is 4.98 Å². The molecule has 0 spiro atoms.